The highest BCUT2D eigenvalue weighted by molar-refractivity contribution is 6.39. The van der Waals surface area contributed by atoms with Crippen molar-refractivity contribution in [1.82, 2.24) is 14.9 Å². The number of nitrogens with zero attached hydrogens (tertiary/aromatic N) is 3. The number of fused-ring (bicyclic) bond motifs is 1. The molecule has 2 heterocycles. The SMILES string of the molecule is CCN(CC)C1C=C(C(=O)Cc2ccc(Oc3ccnc4cc(OC)c(OC)cc34)cn2)C(=O)C(c2ccc(F)cc2F)=C1. The standard InChI is InChI=1S/C34H31F2N3O5/c1-5-39(6-2)22-15-25(24-10-7-20(35)13-28(24)36)34(41)27(16-22)30(40)14-21-8-9-23(19-38-21)44-31-11-12-37-29-18-33(43-4)32(42-3)17-26(29)31/h7-13,15-19,22H,5-6,14H2,1-4H3. The number of Topliss-reactive ketones (excluding diaryl/α,β-unsaturated/α-hetero) is 2. The summed E-state index contributed by atoms with van der Waals surface area (Å²) in [6.45, 7) is 5.19. The number of carbonyl (C=O) groups is 2. The maximum atomic E-state index is 14.7. The van der Waals surface area contributed by atoms with Crippen LogP contribution in [0.5, 0.6) is 23.0 Å². The molecule has 2 aromatic carbocycles. The summed E-state index contributed by atoms with van der Waals surface area (Å²) in [6.07, 6.45) is 6.19. The normalized spacial score (nSPS) is 14.8. The highest BCUT2D eigenvalue weighted by Crippen LogP contribution is 2.37. The molecule has 226 valence electrons. The fourth-order valence-electron chi connectivity index (χ4n) is 5.18. The Morgan fingerprint density at radius 2 is 1.66 bits per heavy atom. The minimum Gasteiger partial charge on any atom is -0.493 e. The molecule has 8 nitrogen and oxygen atoms in total. The van der Waals surface area contributed by atoms with E-state index < -0.39 is 29.2 Å². The van der Waals surface area contributed by atoms with Gasteiger partial charge in [-0.2, -0.15) is 0 Å². The van der Waals surface area contributed by atoms with Crippen LogP contribution in [0.25, 0.3) is 16.5 Å². The van der Waals surface area contributed by atoms with Crippen LogP contribution < -0.4 is 14.2 Å². The summed E-state index contributed by atoms with van der Waals surface area (Å²) in [5.74, 6) is -0.667. The number of carbonyl (C=O) groups excluding carboxylic acids is 2. The molecule has 10 heteroatoms. The Kier molecular flexibility index (Phi) is 9.10. The number of pyridine rings is 2. The molecule has 1 unspecified atom stereocenters. The lowest BCUT2D eigenvalue weighted by Gasteiger charge is -2.29. The van der Waals surface area contributed by atoms with Gasteiger partial charge in [-0.3, -0.25) is 24.5 Å². The number of allylic oxidation sites excluding steroid dienone is 2. The Morgan fingerprint density at radius 1 is 0.909 bits per heavy atom. The minimum absolute atomic E-state index is 0.0285. The maximum Gasteiger partial charge on any atom is 0.196 e. The van der Waals surface area contributed by atoms with Gasteiger partial charge in [0.05, 0.1) is 37.9 Å². The number of benzene rings is 2. The molecule has 0 radical (unpaired) electrons. The van der Waals surface area contributed by atoms with Crippen LogP contribution >= 0.6 is 0 Å². The van der Waals surface area contributed by atoms with Crippen molar-refractivity contribution in [1.29, 1.82) is 0 Å². The van der Waals surface area contributed by atoms with Crippen molar-refractivity contribution in [2.24, 2.45) is 0 Å². The average molecular weight is 600 g/mol. The third-order valence-electron chi connectivity index (χ3n) is 7.49. The zero-order chi connectivity index (χ0) is 31.4. The number of hydrogen-bond donors (Lipinski definition) is 0. The van der Waals surface area contributed by atoms with Crippen LogP contribution in [0.3, 0.4) is 0 Å². The first-order valence-electron chi connectivity index (χ1n) is 14.1. The highest BCUT2D eigenvalue weighted by Gasteiger charge is 2.31. The van der Waals surface area contributed by atoms with Gasteiger partial charge in [0.2, 0.25) is 0 Å². The smallest absolute Gasteiger partial charge is 0.196 e. The number of aromatic nitrogens is 2. The minimum atomic E-state index is -0.867. The first-order chi connectivity index (χ1) is 21.3. The van der Waals surface area contributed by atoms with Crippen molar-refractivity contribution in [3.63, 3.8) is 0 Å². The summed E-state index contributed by atoms with van der Waals surface area (Å²) < 4.78 is 45.2. The molecule has 44 heavy (non-hydrogen) atoms. The van der Waals surface area contributed by atoms with Crippen molar-refractivity contribution in [3.05, 3.63) is 102 Å². The molecule has 5 rings (SSSR count). The number of ether oxygens (including phenoxy) is 3. The highest BCUT2D eigenvalue weighted by atomic mass is 19.1. The lowest BCUT2D eigenvalue weighted by molar-refractivity contribution is -0.118. The van der Waals surface area contributed by atoms with Crippen molar-refractivity contribution < 1.29 is 32.6 Å². The second-order valence-corrected chi connectivity index (χ2v) is 10.0. The molecule has 1 aliphatic carbocycles. The molecule has 0 N–H and O–H groups in total. The monoisotopic (exact) mass is 599 g/mol. The predicted molar refractivity (Wildman–Crippen MR) is 162 cm³/mol. The van der Waals surface area contributed by atoms with E-state index in [0.717, 1.165) is 12.1 Å². The van der Waals surface area contributed by atoms with E-state index in [9.17, 15) is 18.4 Å². The molecule has 0 fully saturated rings. The van der Waals surface area contributed by atoms with Gasteiger partial charge in [-0.05, 0) is 55.6 Å². The van der Waals surface area contributed by atoms with E-state index in [1.165, 1.54) is 12.3 Å². The first kappa shape index (κ1) is 30.5. The lowest BCUT2D eigenvalue weighted by atomic mass is 9.86. The van der Waals surface area contributed by atoms with Crippen LogP contribution in [0.4, 0.5) is 8.78 Å². The fraction of sp³-hybridized carbons (Fsp3) is 0.235. The van der Waals surface area contributed by atoms with Gasteiger partial charge in [-0.15, -0.1) is 0 Å². The van der Waals surface area contributed by atoms with Gasteiger partial charge in [0, 0.05) is 46.6 Å². The van der Waals surface area contributed by atoms with E-state index in [0.29, 0.717) is 52.7 Å². The Bertz CT molecular complexity index is 1780. The summed E-state index contributed by atoms with van der Waals surface area (Å²) in [5.41, 5.74) is 0.994. The van der Waals surface area contributed by atoms with E-state index in [1.54, 1.807) is 62.9 Å². The van der Waals surface area contributed by atoms with Crippen LogP contribution in [-0.2, 0) is 16.0 Å². The summed E-state index contributed by atoms with van der Waals surface area (Å²) in [4.78, 5) is 37.8. The van der Waals surface area contributed by atoms with Crippen LogP contribution in [0.2, 0.25) is 0 Å². The van der Waals surface area contributed by atoms with E-state index in [-0.39, 0.29) is 23.1 Å². The third-order valence-corrected chi connectivity index (χ3v) is 7.49. The van der Waals surface area contributed by atoms with Gasteiger partial charge in [-0.25, -0.2) is 8.78 Å². The van der Waals surface area contributed by atoms with Gasteiger partial charge >= 0.3 is 0 Å². The second-order valence-electron chi connectivity index (χ2n) is 10.0. The topological polar surface area (TPSA) is 90.9 Å². The van der Waals surface area contributed by atoms with E-state index >= 15 is 0 Å². The Hall–Kier alpha value is -4.96. The molecule has 2 aromatic heterocycles. The molecular formula is C34H31F2N3O5. The molecule has 1 aliphatic rings. The molecule has 0 aliphatic heterocycles. The number of ketones is 2. The molecule has 4 aromatic rings. The Labute approximate surface area is 253 Å². The van der Waals surface area contributed by atoms with Crippen molar-refractivity contribution in [2.75, 3.05) is 27.3 Å². The quantitative estimate of drug-likeness (QED) is 0.190. The van der Waals surface area contributed by atoms with E-state index in [4.69, 9.17) is 14.2 Å². The van der Waals surface area contributed by atoms with Gasteiger partial charge in [0.15, 0.2) is 23.1 Å². The molecule has 0 saturated heterocycles. The van der Waals surface area contributed by atoms with Crippen molar-refractivity contribution >= 4 is 28.0 Å². The van der Waals surface area contributed by atoms with Crippen LogP contribution in [0, 0.1) is 11.6 Å². The number of methoxy groups -OCH3 is 2. The summed E-state index contributed by atoms with van der Waals surface area (Å²) in [6, 6.07) is 11.2. The second kappa shape index (κ2) is 13.1. The Balaban J connectivity index is 1.37. The van der Waals surface area contributed by atoms with Gasteiger partial charge in [0.25, 0.3) is 0 Å². The number of likely N-dealkylation sites (N-methyl/N-ethyl adjacent to an activating group) is 1. The zero-order valence-electron chi connectivity index (χ0n) is 24.8. The summed E-state index contributed by atoms with van der Waals surface area (Å²) in [5, 5.41) is 0.705. The Morgan fingerprint density at radius 3 is 2.32 bits per heavy atom. The number of halogens is 2. The molecule has 0 saturated carbocycles. The molecule has 0 spiro atoms. The molecule has 1 atom stereocenters. The van der Waals surface area contributed by atoms with E-state index in [1.807, 2.05) is 18.7 Å². The van der Waals surface area contributed by atoms with Gasteiger partial charge < -0.3 is 14.2 Å². The van der Waals surface area contributed by atoms with Crippen LogP contribution in [0.15, 0.2) is 78.6 Å². The van der Waals surface area contributed by atoms with Crippen molar-refractivity contribution in [2.45, 2.75) is 26.3 Å². The summed E-state index contributed by atoms with van der Waals surface area (Å²) in [7, 11) is 3.09. The van der Waals surface area contributed by atoms with Gasteiger partial charge in [-0.1, -0.05) is 19.9 Å². The summed E-state index contributed by atoms with van der Waals surface area (Å²) >= 11 is 0. The first-order valence-corrected chi connectivity index (χ1v) is 14.1. The van der Waals surface area contributed by atoms with E-state index in [2.05, 4.69) is 9.97 Å². The van der Waals surface area contributed by atoms with Crippen LogP contribution in [0.1, 0.15) is 25.1 Å². The largest absolute Gasteiger partial charge is 0.493 e. The molecular weight excluding hydrogens is 568 g/mol. The molecule has 0 bridgehead atoms. The van der Waals surface area contributed by atoms with Gasteiger partial charge in [0.1, 0.15) is 23.1 Å². The molecule has 0 amide bonds. The average Bonchev–Trinajstić information content (AvgIpc) is 3.02. The van der Waals surface area contributed by atoms with Crippen LogP contribution in [-0.4, -0.2) is 59.8 Å². The third kappa shape index (κ3) is 6.21. The maximum absolute atomic E-state index is 14.7. The lowest BCUT2D eigenvalue weighted by Crippen LogP contribution is -2.36. The zero-order valence-corrected chi connectivity index (χ0v) is 24.8. The fourth-order valence-corrected chi connectivity index (χ4v) is 5.18. The van der Waals surface area contributed by atoms with Crippen molar-refractivity contribution in [3.8, 4) is 23.0 Å². The number of hydrogen-bond acceptors (Lipinski definition) is 8. The number of rotatable bonds is 11. The predicted octanol–water partition coefficient (Wildman–Crippen LogP) is 6.13.